The lowest BCUT2D eigenvalue weighted by molar-refractivity contribution is -0.274. The summed E-state index contributed by atoms with van der Waals surface area (Å²) < 4.78 is 57.1. The van der Waals surface area contributed by atoms with Crippen molar-refractivity contribution in [2.24, 2.45) is 0 Å². The number of halogens is 4. The van der Waals surface area contributed by atoms with Gasteiger partial charge in [-0.15, -0.1) is 23.4 Å². The Labute approximate surface area is 236 Å². The molecule has 17 heteroatoms. The van der Waals surface area contributed by atoms with Gasteiger partial charge in [-0.1, -0.05) is 11.3 Å². The van der Waals surface area contributed by atoms with Gasteiger partial charge in [0.1, 0.15) is 18.5 Å². The fraction of sp³-hybridized carbons (Fsp3) is 0.400. The van der Waals surface area contributed by atoms with Gasteiger partial charge in [-0.2, -0.15) is 5.10 Å². The van der Waals surface area contributed by atoms with E-state index >= 15 is 0 Å². The fourth-order valence-corrected chi connectivity index (χ4v) is 4.11. The molecule has 1 fully saturated rings. The Morgan fingerprint density at radius 3 is 2.62 bits per heavy atom. The number of anilines is 2. The number of carbonyl (C=O) groups excluding carboxylic acids is 3. The quantitative estimate of drug-likeness (QED) is 0.316. The number of nitrogens with one attached hydrogen (secondary N) is 2. The molecule has 0 aliphatic carbocycles. The first-order chi connectivity index (χ1) is 20.0. The van der Waals surface area contributed by atoms with E-state index in [1.54, 1.807) is 17.0 Å². The lowest BCUT2D eigenvalue weighted by atomic mass is 10.1. The predicted molar refractivity (Wildman–Crippen MR) is 139 cm³/mol. The minimum Gasteiger partial charge on any atom is -0.406 e. The predicted octanol–water partition coefficient (Wildman–Crippen LogP) is 1.58. The van der Waals surface area contributed by atoms with Crippen molar-refractivity contribution < 1.29 is 36.7 Å². The monoisotopic (exact) mass is 593 g/mol. The van der Waals surface area contributed by atoms with E-state index in [1.165, 1.54) is 47.1 Å². The van der Waals surface area contributed by atoms with Crippen LogP contribution >= 0.6 is 0 Å². The first-order valence-electron chi connectivity index (χ1n) is 12.8. The SMILES string of the molecule is CNC(=O)c1cn(CC(F)CCc2ccc(NC(=O)CN3CCN(c4cccc(OC(F)(F)F)c4)CC3=O)nn2)nn1. The van der Waals surface area contributed by atoms with E-state index in [1.807, 2.05) is 0 Å². The third kappa shape index (κ3) is 8.58. The summed E-state index contributed by atoms with van der Waals surface area (Å²) in [5, 5.41) is 20.3. The number of benzene rings is 1. The second-order valence-electron chi connectivity index (χ2n) is 9.28. The van der Waals surface area contributed by atoms with E-state index in [0.29, 0.717) is 17.9 Å². The first kappa shape index (κ1) is 30.1. The lowest BCUT2D eigenvalue weighted by Crippen LogP contribution is -2.52. The maximum Gasteiger partial charge on any atom is 0.573 e. The van der Waals surface area contributed by atoms with E-state index in [9.17, 15) is 31.9 Å². The van der Waals surface area contributed by atoms with Gasteiger partial charge >= 0.3 is 6.36 Å². The zero-order valence-corrected chi connectivity index (χ0v) is 22.3. The van der Waals surface area contributed by atoms with Crippen LogP contribution in [0.2, 0.25) is 0 Å². The Hall–Kier alpha value is -4.83. The molecule has 3 aromatic rings. The minimum atomic E-state index is -4.83. The van der Waals surface area contributed by atoms with Crippen molar-refractivity contribution >= 4 is 29.2 Å². The number of alkyl halides is 4. The average molecular weight is 594 g/mol. The average Bonchev–Trinajstić information content (AvgIpc) is 3.41. The summed E-state index contributed by atoms with van der Waals surface area (Å²) in [6, 6.07) is 8.42. The van der Waals surface area contributed by atoms with Gasteiger partial charge in [0.15, 0.2) is 11.5 Å². The van der Waals surface area contributed by atoms with Crippen molar-refractivity contribution in [1.29, 1.82) is 0 Å². The standard InChI is InChI=1S/C25H27F4N9O4/c1-30-24(41)20-13-38(35-33-20)12-16(26)5-6-17-7-8-21(34-32-17)31-22(39)14-37-10-9-36(15-23(37)40)18-3-2-4-19(11-18)42-25(27,28)29/h2-4,7-8,11,13,16H,5-6,9-10,12,14-15H2,1H3,(H,30,41)(H,31,34,39). The second-order valence-corrected chi connectivity index (χ2v) is 9.28. The topological polar surface area (TPSA) is 147 Å². The highest BCUT2D eigenvalue weighted by molar-refractivity contribution is 5.94. The van der Waals surface area contributed by atoms with E-state index in [2.05, 4.69) is 35.9 Å². The number of amides is 3. The molecule has 1 unspecified atom stereocenters. The molecule has 1 saturated heterocycles. The highest BCUT2D eigenvalue weighted by Gasteiger charge is 2.32. The summed E-state index contributed by atoms with van der Waals surface area (Å²) in [6.07, 6.45) is -4.37. The third-order valence-electron chi connectivity index (χ3n) is 6.15. The van der Waals surface area contributed by atoms with Crippen LogP contribution in [-0.2, 0) is 22.6 Å². The molecule has 42 heavy (non-hydrogen) atoms. The van der Waals surface area contributed by atoms with Gasteiger partial charge < -0.3 is 25.2 Å². The maximum absolute atomic E-state index is 14.4. The van der Waals surface area contributed by atoms with Gasteiger partial charge in [0, 0.05) is 31.9 Å². The summed E-state index contributed by atoms with van der Waals surface area (Å²) in [7, 11) is 1.45. The largest absolute Gasteiger partial charge is 0.573 e. The third-order valence-corrected chi connectivity index (χ3v) is 6.15. The van der Waals surface area contributed by atoms with Crippen LogP contribution < -0.4 is 20.3 Å². The molecule has 3 heterocycles. The van der Waals surface area contributed by atoms with Crippen LogP contribution in [0.4, 0.5) is 29.1 Å². The molecule has 1 aliphatic rings. The van der Waals surface area contributed by atoms with E-state index in [0.717, 1.165) is 0 Å². The molecule has 2 N–H and O–H groups in total. The van der Waals surface area contributed by atoms with Crippen LogP contribution in [-0.4, -0.2) is 93.6 Å². The molecular formula is C25H27F4N9O4. The molecule has 2 aromatic heterocycles. The summed E-state index contributed by atoms with van der Waals surface area (Å²) in [6.45, 7) is 0.00910. The number of piperazine rings is 1. The van der Waals surface area contributed by atoms with Crippen LogP contribution in [0.25, 0.3) is 0 Å². The number of hydrogen-bond acceptors (Lipinski definition) is 9. The van der Waals surface area contributed by atoms with E-state index < -0.39 is 30.1 Å². The van der Waals surface area contributed by atoms with Crippen molar-refractivity contribution in [2.75, 3.05) is 43.4 Å². The number of aryl methyl sites for hydroxylation is 1. The highest BCUT2D eigenvalue weighted by Crippen LogP contribution is 2.27. The summed E-state index contributed by atoms with van der Waals surface area (Å²) in [5.41, 5.74) is 0.970. The number of ether oxygens (including phenoxy) is 1. The molecule has 0 radical (unpaired) electrons. The Morgan fingerprint density at radius 1 is 1.12 bits per heavy atom. The van der Waals surface area contributed by atoms with Gasteiger partial charge in [0.25, 0.3) is 5.91 Å². The Balaban J connectivity index is 1.20. The molecule has 0 bridgehead atoms. The molecule has 0 saturated carbocycles. The van der Waals surface area contributed by atoms with Crippen LogP contribution in [0.1, 0.15) is 22.6 Å². The summed E-state index contributed by atoms with van der Waals surface area (Å²) in [4.78, 5) is 39.6. The molecule has 1 aliphatic heterocycles. The number of aromatic nitrogens is 5. The lowest BCUT2D eigenvalue weighted by Gasteiger charge is -2.35. The van der Waals surface area contributed by atoms with Crippen molar-refractivity contribution in [3.8, 4) is 5.75 Å². The number of nitrogens with zero attached hydrogens (tertiary/aromatic N) is 7. The van der Waals surface area contributed by atoms with Crippen LogP contribution in [0.5, 0.6) is 5.75 Å². The maximum atomic E-state index is 14.4. The smallest absolute Gasteiger partial charge is 0.406 e. The highest BCUT2D eigenvalue weighted by atomic mass is 19.4. The molecule has 224 valence electrons. The molecule has 3 amide bonds. The minimum absolute atomic E-state index is 0.0859. The van der Waals surface area contributed by atoms with Crippen LogP contribution in [0.15, 0.2) is 42.6 Å². The first-order valence-corrected chi connectivity index (χ1v) is 12.8. The zero-order valence-electron chi connectivity index (χ0n) is 22.3. The fourth-order valence-electron chi connectivity index (χ4n) is 4.11. The molecule has 1 atom stereocenters. The van der Waals surface area contributed by atoms with E-state index in [-0.39, 0.29) is 56.4 Å². The van der Waals surface area contributed by atoms with Crippen LogP contribution in [0.3, 0.4) is 0 Å². The number of rotatable bonds is 11. The Morgan fingerprint density at radius 2 is 1.93 bits per heavy atom. The Bertz CT molecular complexity index is 1400. The number of carbonyl (C=O) groups is 3. The van der Waals surface area contributed by atoms with Crippen molar-refractivity contribution in [2.45, 2.75) is 31.9 Å². The van der Waals surface area contributed by atoms with Gasteiger partial charge in [-0.05, 0) is 37.1 Å². The van der Waals surface area contributed by atoms with Crippen molar-refractivity contribution in [1.82, 2.24) is 35.4 Å². The molecular weight excluding hydrogens is 566 g/mol. The van der Waals surface area contributed by atoms with Gasteiger partial charge in [-0.3, -0.25) is 14.4 Å². The zero-order chi connectivity index (χ0) is 30.3. The van der Waals surface area contributed by atoms with Crippen molar-refractivity contribution in [3.63, 3.8) is 0 Å². The molecule has 4 rings (SSSR count). The summed E-state index contributed by atoms with van der Waals surface area (Å²) in [5.74, 6) is -1.55. The van der Waals surface area contributed by atoms with Crippen LogP contribution in [0, 0.1) is 0 Å². The van der Waals surface area contributed by atoms with Gasteiger partial charge in [-0.25, -0.2) is 9.07 Å². The van der Waals surface area contributed by atoms with E-state index in [4.69, 9.17) is 0 Å². The van der Waals surface area contributed by atoms with Gasteiger partial charge in [0.2, 0.25) is 11.8 Å². The molecule has 13 nitrogen and oxygen atoms in total. The summed E-state index contributed by atoms with van der Waals surface area (Å²) >= 11 is 0. The molecule has 0 spiro atoms. The van der Waals surface area contributed by atoms with Crippen molar-refractivity contribution in [3.05, 3.63) is 54.0 Å². The van der Waals surface area contributed by atoms with Gasteiger partial charge in [0.05, 0.1) is 25.0 Å². The molecule has 1 aromatic carbocycles. The Kier molecular flexibility index (Phi) is 9.49. The normalized spacial score (nSPS) is 14.5. The number of hydrogen-bond donors (Lipinski definition) is 2. The second kappa shape index (κ2) is 13.2.